The summed E-state index contributed by atoms with van der Waals surface area (Å²) < 4.78 is 15.2. The van der Waals surface area contributed by atoms with Gasteiger partial charge in [0.05, 0.1) is 11.7 Å². The van der Waals surface area contributed by atoms with Gasteiger partial charge in [0.25, 0.3) is 5.91 Å². The van der Waals surface area contributed by atoms with Gasteiger partial charge >= 0.3 is 0 Å². The maximum Gasteiger partial charge on any atom is 0.252 e. The van der Waals surface area contributed by atoms with E-state index in [0.29, 0.717) is 18.4 Å². The first-order chi connectivity index (χ1) is 14.9. The Kier molecular flexibility index (Phi) is 4.61. The highest BCUT2D eigenvalue weighted by Gasteiger charge is 2.52. The SMILES string of the molecule is Cc1cn2c(n1)C(NC(=O)C1(NC(=O)c3ccc(F)cc3)CC1)CCc1ccccc1-2. The molecule has 2 N–H and O–H groups in total. The zero-order chi connectivity index (χ0) is 21.6. The van der Waals surface area contributed by atoms with E-state index in [0.717, 1.165) is 30.0 Å². The molecule has 2 aliphatic rings. The summed E-state index contributed by atoms with van der Waals surface area (Å²) in [7, 11) is 0. The van der Waals surface area contributed by atoms with Crippen LogP contribution in [-0.4, -0.2) is 26.9 Å². The van der Waals surface area contributed by atoms with Crippen molar-refractivity contribution < 1.29 is 14.0 Å². The van der Waals surface area contributed by atoms with Gasteiger partial charge in [-0.15, -0.1) is 0 Å². The molecule has 2 amide bonds. The lowest BCUT2D eigenvalue weighted by Gasteiger charge is -2.22. The van der Waals surface area contributed by atoms with Crippen LogP contribution in [0.3, 0.4) is 0 Å². The van der Waals surface area contributed by atoms with Crippen molar-refractivity contribution in [2.24, 2.45) is 0 Å². The van der Waals surface area contributed by atoms with Crippen molar-refractivity contribution in [2.45, 2.75) is 44.2 Å². The third-order valence-corrected chi connectivity index (χ3v) is 6.07. The third kappa shape index (κ3) is 3.60. The lowest BCUT2D eigenvalue weighted by molar-refractivity contribution is -0.124. The summed E-state index contributed by atoms with van der Waals surface area (Å²) >= 11 is 0. The molecule has 31 heavy (non-hydrogen) atoms. The van der Waals surface area contributed by atoms with E-state index in [1.54, 1.807) is 0 Å². The fourth-order valence-corrected chi connectivity index (χ4v) is 4.20. The van der Waals surface area contributed by atoms with Crippen LogP contribution in [0.2, 0.25) is 0 Å². The van der Waals surface area contributed by atoms with Gasteiger partial charge in [-0.3, -0.25) is 9.59 Å². The second-order valence-corrected chi connectivity index (χ2v) is 8.35. The predicted octanol–water partition coefficient (Wildman–Crippen LogP) is 3.39. The van der Waals surface area contributed by atoms with Gasteiger partial charge in [0, 0.05) is 17.4 Å². The van der Waals surface area contributed by atoms with Crippen LogP contribution in [0.4, 0.5) is 4.39 Å². The molecule has 0 bridgehead atoms. The Bertz CT molecular complexity index is 1160. The van der Waals surface area contributed by atoms with Crippen LogP contribution in [0.15, 0.2) is 54.7 Å². The number of hydrogen-bond donors (Lipinski definition) is 2. The minimum atomic E-state index is -0.920. The van der Waals surface area contributed by atoms with Crippen molar-refractivity contribution in [2.75, 3.05) is 0 Å². The average molecular weight is 418 g/mol. The van der Waals surface area contributed by atoms with E-state index < -0.39 is 11.4 Å². The van der Waals surface area contributed by atoms with Gasteiger partial charge in [-0.1, -0.05) is 18.2 Å². The van der Waals surface area contributed by atoms with E-state index in [-0.39, 0.29) is 17.9 Å². The van der Waals surface area contributed by atoms with Gasteiger partial charge < -0.3 is 15.2 Å². The van der Waals surface area contributed by atoms with Crippen molar-refractivity contribution in [1.29, 1.82) is 0 Å². The van der Waals surface area contributed by atoms with Gasteiger partial charge in [-0.25, -0.2) is 9.37 Å². The Labute approximate surface area is 179 Å². The number of para-hydroxylation sites is 1. The molecule has 0 radical (unpaired) electrons. The number of fused-ring (bicyclic) bond motifs is 3. The molecule has 158 valence electrons. The number of aryl methyl sites for hydroxylation is 2. The number of carbonyl (C=O) groups excluding carboxylic acids is 2. The third-order valence-electron chi connectivity index (χ3n) is 6.07. The summed E-state index contributed by atoms with van der Waals surface area (Å²) in [6.45, 7) is 1.94. The molecule has 1 unspecified atom stereocenters. The number of nitrogens with one attached hydrogen (secondary N) is 2. The molecule has 2 heterocycles. The van der Waals surface area contributed by atoms with Crippen LogP contribution in [0.5, 0.6) is 0 Å². The zero-order valence-electron chi connectivity index (χ0n) is 17.2. The molecule has 1 saturated carbocycles. The summed E-state index contributed by atoms with van der Waals surface area (Å²) in [6, 6.07) is 13.2. The monoisotopic (exact) mass is 418 g/mol. The van der Waals surface area contributed by atoms with E-state index in [4.69, 9.17) is 0 Å². The first-order valence-electron chi connectivity index (χ1n) is 10.5. The largest absolute Gasteiger partial charge is 0.344 e. The average Bonchev–Trinajstić information content (AvgIpc) is 3.47. The summed E-state index contributed by atoms with van der Waals surface area (Å²) in [6.07, 6.45) is 4.68. The molecule has 5 rings (SSSR count). The fraction of sp³-hybridized carbons (Fsp3) is 0.292. The first kappa shape index (κ1) is 19.5. The molecule has 1 aliphatic carbocycles. The Hall–Kier alpha value is -3.48. The number of hydrogen-bond acceptors (Lipinski definition) is 3. The van der Waals surface area contributed by atoms with Crippen LogP contribution >= 0.6 is 0 Å². The second kappa shape index (κ2) is 7.34. The molecular weight excluding hydrogens is 395 g/mol. The van der Waals surface area contributed by atoms with Gasteiger partial charge in [-0.05, 0) is 68.5 Å². The summed E-state index contributed by atoms with van der Waals surface area (Å²) in [4.78, 5) is 30.5. The number of aromatic nitrogens is 2. The minimum absolute atomic E-state index is 0.203. The van der Waals surface area contributed by atoms with Crippen molar-refractivity contribution >= 4 is 11.8 Å². The molecular formula is C24H23FN4O2. The van der Waals surface area contributed by atoms with Crippen molar-refractivity contribution in [3.05, 3.63) is 83.2 Å². The van der Waals surface area contributed by atoms with Crippen LogP contribution in [-0.2, 0) is 11.2 Å². The van der Waals surface area contributed by atoms with Gasteiger partial charge in [-0.2, -0.15) is 0 Å². The topological polar surface area (TPSA) is 76.0 Å². The number of carbonyl (C=O) groups is 2. The molecule has 0 saturated heterocycles. The smallest absolute Gasteiger partial charge is 0.252 e. The van der Waals surface area contributed by atoms with Gasteiger partial charge in [0.2, 0.25) is 5.91 Å². The Morgan fingerprint density at radius 1 is 1.13 bits per heavy atom. The lowest BCUT2D eigenvalue weighted by Crippen LogP contribution is -2.50. The zero-order valence-corrected chi connectivity index (χ0v) is 17.2. The Morgan fingerprint density at radius 2 is 1.87 bits per heavy atom. The predicted molar refractivity (Wildman–Crippen MR) is 113 cm³/mol. The van der Waals surface area contributed by atoms with Crippen LogP contribution in [0, 0.1) is 12.7 Å². The Balaban J connectivity index is 1.36. The number of imidazole rings is 1. The van der Waals surface area contributed by atoms with E-state index in [2.05, 4.69) is 32.3 Å². The maximum absolute atomic E-state index is 13.2. The van der Waals surface area contributed by atoms with E-state index in [9.17, 15) is 14.0 Å². The molecule has 1 fully saturated rings. The molecule has 0 spiro atoms. The first-order valence-corrected chi connectivity index (χ1v) is 10.5. The normalized spacial score (nSPS) is 18.3. The highest BCUT2D eigenvalue weighted by Crippen LogP contribution is 2.37. The number of amides is 2. The van der Waals surface area contributed by atoms with Crippen LogP contribution in [0.25, 0.3) is 5.69 Å². The van der Waals surface area contributed by atoms with Crippen molar-refractivity contribution in [3.8, 4) is 5.69 Å². The van der Waals surface area contributed by atoms with Crippen LogP contribution < -0.4 is 10.6 Å². The minimum Gasteiger partial charge on any atom is -0.344 e. The quantitative estimate of drug-likeness (QED) is 0.682. The number of halogens is 1. The van der Waals surface area contributed by atoms with Crippen molar-refractivity contribution in [1.82, 2.24) is 20.2 Å². The molecule has 3 aromatic rings. The standard InChI is InChI=1S/C24H23FN4O2/c1-15-14-29-20-5-3-2-4-16(20)8-11-19(21(29)26-15)27-23(31)24(12-13-24)28-22(30)17-6-9-18(25)10-7-17/h2-7,9-10,14,19H,8,11-13H2,1H3,(H,27,31)(H,28,30). The summed E-state index contributed by atoms with van der Waals surface area (Å²) in [5.74, 6) is -0.184. The highest BCUT2D eigenvalue weighted by atomic mass is 19.1. The molecule has 1 aromatic heterocycles. The summed E-state index contributed by atoms with van der Waals surface area (Å²) in [5, 5.41) is 5.99. The number of rotatable bonds is 4. The number of nitrogens with zero attached hydrogens (tertiary/aromatic N) is 2. The molecule has 1 aliphatic heterocycles. The van der Waals surface area contributed by atoms with E-state index in [1.165, 1.54) is 29.8 Å². The lowest BCUT2D eigenvalue weighted by atomic mass is 10.0. The van der Waals surface area contributed by atoms with Crippen LogP contribution in [0.1, 0.15) is 52.7 Å². The molecule has 7 heteroatoms. The second-order valence-electron chi connectivity index (χ2n) is 8.35. The van der Waals surface area contributed by atoms with Crippen molar-refractivity contribution in [3.63, 3.8) is 0 Å². The Morgan fingerprint density at radius 3 is 2.61 bits per heavy atom. The van der Waals surface area contributed by atoms with E-state index >= 15 is 0 Å². The van der Waals surface area contributed by atoms with Gasteiger partial charge in [0.15, 0.2) is 0 Å². The maximum atomic E-state index is 13.2. The van der Waals surface area contributed by atoms with Gasteiger partial charge in [0.1, 0.15) is 17.2 Å². The summed E-state index contributed by atoms with van der Waals surface area (Å²) in [5.41, 5.74) is 2.59. The molecule has 6 nitrogen and oxygen atoms in total. The fourth-order valence-electron chi connectivity index (χ4n) is 4.20. The molecule has 2 aromatic carbocycles. The molecule has 1 atom stereocenters. The highest BCUT2D eigenvalue weighted by molar-refractivity contribution is 6.00. The van der Waals surface area contributed by atoms with E-state index in [1.807, 2.05) is 25.3 Å². The number of benzene rings is 2.